The summed E-state index contributed by atoms with van der Waals surface area (Å²) in [6.07, 6.45) is 0. The summed E-state index contributed by atoms with van der Waals surface area (Å²) in [5.41, 5.74) is 3.03. The zero-order chi connectivity index (χ0) is 11.9. The lowest BCUT2D eigenvalue weighted by molar-refractivity contribution is 0.566. The van der Waals surface area contributed by atoms with Crippen LogP contribution < -0.4 is 0 Å². The Kier molecular flexibility index (Phi) is 3.35. The van der Waals surface area contributed by atoms with E-state index in [4.69, 9.17) is 0 Å². The lowest BCUT2D eigenvalue weighted by Gasteiger charge is -2.25. The molecule has 0 amide bonds. The smallest absolute Gasteiger partial charge is 0.0291 e. The van der Waals surface area contributed by atoms with Crippen molar-refractivity contribution in [3.63, 3.8) is 0 Å². The van der Waals surface area contributed by atoms with Gasteiger partial charge in [0.25, 0.3) is 0 Å². The first kappa shape index (κ1) is 12.8. The zero-order valence-electron chi connectivity index (χ0n) is 10.5. The third kappa shape index (κ3) is 3.07. The molecule has 0 fully saturated rings. The van der Waals surface area contributed by atoms with Gasteiger partial charge in [0.15, 0.2) is 0 Å². The Morgan fingerprint density at radius 3 is 1.93 bits per heavy atom. The van der Waals surface area contributed by atoms with E-state index in [1.165, 1.54) is 11.1 Å². The standard InChI is InChI=1S/C14H20Br/c1-13(2,3)10-7-8-12(15)11(9-10)14(4,5)6/h7,9H,1-6H3. The maximum absolute atomic E-state index is 3.58. The average Bonchev–Trinajstić information content (AvgIpc) is 2.00. The molecule has 1 rings (SSSR count). The summed E-state index contributed by atoms with van der Waals surface area (Å²) in [7, 11) is 0. The molecule has 0 saturated heterocycles. The Morgan fingerprint density at radius 1 is 1.00 bits per heavy atom. The van der Waals surface area contributed by atoms with Gasteiger partial charge in [-0.05, 0) is 50.0 Å². The number of hydrogen-bond donors (Lipinski definition) is 0. The second kappa shape index (κ2) is 3.93. The van der Waals surface area contributed by atoms with Crippen molar-refractivity contribution in [1.29, 1.82) is 0 Å². The fourth-order valence-corrected chi connectivity index (χ4v) is 2.28. The van der Waals surface area contributed by atoms with Crippen LogP contribution in [0.25, 0.3) is 0 Å². The Labute approximate surface area is 102 Å². The van der Waals surface area contributed by atoms with Crippen LogP contribution in [0.2, 0.25) is 0 Å². The molecule has 0 nitrogen and oxygen atoms in total. The Hall–Kier alpha value is -0.300. The van der Waals surface area contributed by atoms with Gasteiger partial charge in [-0.2, -0.15) is 0 Å². The van der Waals surface area contributed by atoms with Crippen LogP contribution in [-0.2, 0) is 10.8 Å². The topological polar surface area (TPSA) is 0 Å². The summed E-state index contributed by atoms with van der Waals surface area (Å²) in [5, 5.41) is 0. The van der Waals surface area contributed by atoms with Crippen LogP contribution >= 0.6 is 15.9 Å². The predicted octanol–water partition coefficient (Wildman–Crippen LogP) is 4.84. The van der Waals surface area contributed by atoms with Crippen molar-refractivity contribution in [2.75, 3.05) is 0 Å². The first-order chi connectivity index (χ1) is 6.62. The summed E-state index contributed by atoms with van der Waals surface area (Å²) >= 11 is 3.58. The maximum Gasteiger partial charge on any atom is 0.0291 e. The molecule has 0 spiro atoms. The Bertz CT molecular complexity index is 351. The van der Waals surface area contributed by atoms with E-state index >= 15 is 0 Å². The van der Waals surface area contributed by atoms with Crippen molar-refractivity contribution in [3.05, 3.63) is 33.8 Å². The molecule has 0 heterocycles. The van der Waals surface area contributed by atoms with Crippen LogP contribution in [-0.4, -0.2) is 0 Å². The first-order valence-corrected chi connectivity index (χ1v) is 6.14. The van der Waals surface area contributed by atoms with Crippen LogP contribution in [0, 0.1) is 6.07 Å². The van der Waals surface area contributed by atoms with Crippen molar-refractivity contribution in [1.82, 2.24) is 0 Å². The molecule has 0 aliphatic carbocycles. The molecule has 0 aromatic heterocycles. The highest BCUT2D eigenvalue weighted by molar-refractivity contribution is 9.10. The molecule has 0 atom stereocenters. The SMILES string of the molecule is CC(C)(C)c1c[c]c(Br)c(C(C)(C)C)c1. The van der Waals surface area contributed by atoms with Gasteiger partial charge in [0.1, 0.15) is 0 Å². The Balaban J connectivity index is 3.30. The van der Waals surface area contributed by atoms with E-state index in [1.54, 1.807) is 0 Å². The van der Waals surface area contributed by atoms with Gasteiger partial charge < -0.3 is 0 Å². The van der Waals surface area contributed by atoms with Gasteiger partial charge in [-0.3, -0.25) is 0 Å². The van der Waals surface area contributed by atoms with E-state index in [2.05, 4.69) is 75.7 Å². The van der Waals surface area contributed by atoms with E-state index in [0.29, 0.717) is 0 Å². The van der Waals surface area contributed by atoms with Crippen LogP contribution in [0.1, 0.15) is 52.7 Å². The van der Waals surface area contributed by atoms with Crippen molar-refractivity contribution in [2.24, 2.45) is 0 Å². The highest BCUT2D eigenvalue weighted by atomic mass is 79.9. The van der Waals surface area contributed by atoms with E-state index < -0.39 is 0 Å². The minimum Gasteiger partial charge on any atom is -0.0561 e. The van der Waals surface area contributed by atoms with Crippen molar-refractivity contribution in [2.45, 2.75) is 52.4 Å². The van der Waals surface area contributed by atoms with Gasteiger partial charge in [0, 0.05) is 4.47 Å². The molecule has 0 aliphatic heterocycles. The summed E-state index contributed by atoms with van der Waals surface area (Å²) in [4.78, 5) is 0. The van der Waals surface area contributed by atoms with Crippen molar-refractivity contribution in [3.8, 4) is 0 Å². The van der Waals surface area contributed by atoms with E-state index in [1.807, 2.05) is 0 Å². The largest absolute Gasteiger partial charge is 0.0561 e. The molecule has 0 aliphatic rings. The van der Waals surface area contributed by atoms with Crippen LogP contribution in [0.3, 0.4) is 0 Å². The third-order valence-electron chi connectivity index (χ3n) is 2.56. The number of rotatable bonds is 0. The molecule has 1 heteroatoms. The Morgan fingerprint density at radius 2 is 1.53 bits per heavy atom. The lowest BCUT2D eigenvalue weighted by Crippen LogP contribution is -2.16. The average molecular weight is 268 g/mol. The number of halogens is 1. The van der Waals surface area contributed by atoms with Crippen molar-refractivity contribution >= 4 is 15.9 Å². The van der Waals surface area contributed by atoms with Crippen LogP contribution in [0.4, 0.5) is 0 Å². The molecular weight excluding hydrogens is 248 g/mol. The van der Waals surface area contributed by atoms with Gasteiger partial charge in [-0.25, -0.2) is 0 Å². The van der Waals surface area contributed by atoms with E-state index in [-0.39, 0.29) is 10.8 Å². The van der Waals surface area contributed by atoms with Gasteiger partial charge >= 0.3 is 0 Å². The normalized spacial score (nSPS) is 13.0. The second-order valence-corrected chi connectivity index (χ2v) is 6.91. The maximum atomic E-state index is 3.58. The fourth-order valence-electron chi connectivity index (χ4n) is 1.46. The predicted molar refractivity (Wildman–Crippen MR) is 70.4 cm³/mol. The molecule has 0 N–H and O–H groups in total. The minimum atomic E-state index is 0.163. The zero-order valence-corrected chi connectivity index (χ0v) is 12.1. The fraction of sp³-hybridized carbons (Fsp3) is 0.571. The van der Waals surface area contributed by atoms with Gasteiger partial charge in [0.05, 0.1) is 0 Å². The highest BCUT2D eigenvalue weighted by Crippen LogP contribution is 2.33. The monoisotopic (exact) mass is 267 g/mol. The first-order valence-electron chi connectivity index (χ1n) is 5.34. The molecule has 1 aromatic carbocycles. The highest BCUT2D eigenvalue weighted by Gasteiger charge is 2.21. The molecule has 0 unspecified atom stereocenters. The number of benzene rings is 1. The molecule has 15 heavy (non-hydrogen) atoms. The summed E-state index contributed by atoms with van der Waals surface area (Å²) in [5.74, 6) is 0. The van der Waals surface area contributed by atoms with Gasteiger partial charge in [0.2, 0.25) is 0 Å². The van der Waals surface area contributed by atoms with Crippen molar-refractivity contribution < 1.29 is 0 Å². The number of hydrogen-bond acceptors (Lipinski definition) is 0. The third-order valence-corrected chi connectivity index (χ3v) is 3.22. The molecule has 1 aromatic rings. The lowest BCUT2D eigenvalue weighted by atomic mass is 9.81. The van der Waals surface area contributed by atoms with Crippen LogP contribution in [0.15, 0.2) is 16.6 Å². The summed E-state index contributed by atoms with van der Waals surface area (Å²) in [6, 6.07) is 7.67. The minimum absolute atomic E-state index is 0.163. The molecular formula is C14H20Br. The second-order valence-electron chi connectivity index (χ2n) is 6.12. The van der Waals surface area contributed by atoms with E-state index in [9.17, 15) is 0 Å². The van der Waals surface area contributed by atoms with E-state index in [0.717, 1.165) is 4.47 Å². The van der Waals surface area contributed by atoms with Gasteiger partial charge in [-0.15, -0.1) is 0 Å². The molecule has 1 radical (unpaired) electrons. The molecule has 0 bridgehead atoms. The summed E-state index contributed by atoms with van der Waals surface area (Å²) < 4.78 is 1.09. The van der Waals surface area contributed by atoms with Gasteiger partial charge in [-0.1, -0.05) is 47.6 Å². The molecule has 83 valence electrons. The quantitative estimate of drug-likeness (QED) is 0.631. The van der Waals surface area contributed by atoms with Crippen LogP contribution in [0.5, 0.6) is 0 Å². The molecule has 0 saturated carbocycles. The summed E-state index contributed by atoms with van der Waals surface area (Å²) in [6.45, 7) is 13.4.